The number of carbonyl (C=O) groups is 3. The van der Waals surface area contributed by atoms with Gasteiger partial charge in [-0.3, -0.25) is 24.7 Å². The molecular weight excluding hydrogens is 258 g/mol. The minimum absolute atomic E-state index is 0.119. The van der Waals surface area contributed by atoms with Crippen LogP contribution in [0, 0.1) is 5.41 Å². The quantitative estimate of drug-likeness (QED) is 0.782. The van der Waals surface area contributed by atoms with Crippen molar-refractivity contribution in [3.63, 3.8) is 0 Å². The number of likely N-dealkylation sites (tertiary alicyclic amines) is 1. The van der Waals surface area contributed by atoms with E-state index in [0.717, 1.165) is 25.9 Å². The van der Waals surface area contributed by atoms with Gasteiger partial charge in [0.05, 0.1) is 0 Å². The van der Waals surface area contributed by atoms with Crippen molar-refractivity contribution in [2.75, 3.05) is 19.6 Å². The smallest absolute Gasteiger partial charge is 0.299 e. The van der Waals surface area contributed by atoms with Crippen molar-refractivity contribution in [1.82, 2.24) is 15.1 Å². The zero-order valence-corrected chi connectivity index (χ0v) is 12.4. The molecule has 2 rings (SSSR count). The SMILES string of the molecule is CC(CN1C(=O)NC(=O)C(C)(C)C1=O)N1CCCCC1. The van der Waals surface area contributed by atoms with Crippen LogP contribution in [0.1, 0.15) is 40.0 Å². The van der Waals surface area contributed by atoms with Crippen molar-refractivity contribution in [3.05, 3.63) is 0 Å². The number of hydrogen-bond donors (Lipinski definition) is 1. The molecule has 1 N–H and O–H groups in total. The molecule has 0 aromatic rings. The normalized spacial score (nSPS) is 25.6. The van der Waals surface area contributed by atoms with E-state index in [1.165, 1.54) is 11.3 Å². The molecule has 6 heteroatoms. The Balaban J connectivity index is 2.05. The van der Waals surface area contributed by atoms with Gasteiger partial charge in [0.15, 0.2) is 0 Å². The Labute approximate surface area is 119 Å². The van der Waals surface area contributed by atoms with E-state index in [9.17, 15) is 14.4 Å². The Hall–Kier alpha value is -1.43. The number of rotatable bonds is 3. The van der Waals surface area contributed by atoms with Crippen molar-refractivity contribution in [2.24, 2.45) is 5.41 Å². The molecule has 0 spiro atoms. The van der Waals surface area contributed by atoms with Gasteiger partial charge in [-0.2, -0.15) is 0 Å². The molecule has 20 heavy (non-hydrogen) atoms. The molecular formula is C14H23N3O3. The molecule has 0 aliphatic carbocycles. The van der Waals surface area contributed by atoms with Crippen molar-refractivity contribution in [3.8, 4) is 0 Å². The predicted octanol–water partition coefficient (Wildman–Crippen LogP) is 0.965. The van der Waals surface area contributed by atoms with Gasteiger partial charge in [0, 0.05) is 12.6 Å². The van der Waals surface area contributed by atoms with Gasteiger partial charge in [-0.15, -0.1) is 0 Å². The molecule has 1 atom stereocenters. The van der Waals surface area contributed by atoms with E-state index < -0.39 is 23.3 Å². The fourth-order valence-corrected chi connectivity index (χ4v) is 2.75. The first kappa shape index (κ1) is 15.0. The maximum Gasteiger partial charge on any atom is 0.330 e. The first-order valence-electron chi connectivity index (χ1n) is 7.25. The second kappa shape index (κ2) is 5.52. The van der Waals surface area contributed by atoms with Crippen LogP contribution in [0.4, 0.5) is 4.79 Å². The van der Waals surface area contributed by atoms with Gasteiger partial charge < -0.3 is 0 Å². The van der Waals surface area contributed by atoms with E-state index >= 15 is 0 Å². The number of amides is 4. The maximum atomic E-state index is 12.3. The minimum Gasteiger partial charge on any atom is -0.299 e. The third-order valence-electron chi connectivity index (χ3n) is 4.27. The second-order valence-corrected chi connectivity index (χ2v) is 6.25. The third-order valence-corrected chi connectivity index (χ3v) is 4.27. The van der Waals surface area contributed by atoms with E-state index in [1.807, 2.05) is 6.92 Å². The maximum absolute atomic E-state index is 12.3. The van der Waals surface area contributed by atoms with E-state index in [4.69, 9.17) is 0 Å². The highest BCUT2D eigenvalue weighted by molar-refractivity contribution is 6.18. The van der Waals surface area contributed by atoms with Crippen LogP contribution in [0.5, 0.6) is 0 Å². The largest absolute Gasteiger partial charge is 0.330 e. The van der Waals surface area contributed by atoms with Crippen LogP contribution in [0.3, 0.4) is 0 Å². The van der Waals surface area contributed by atoms with Crippen LogP contribution < -0.4 is 5.32 Å². The molecule has 2 saturated heterocycles. The number of barbiturate groups is 1. The Bertz CT molecular complexity index is 427. The lowest BCUT2D eigenvalue weighted by Gasteiger charge is -2.39. The van der Waals surface area contributed by atoms with E-state index in [0.29, 0.717) is 6.54 Å². The minimum atomic E-state index is -1.17. The molecule has 2 heterocycles. The lowest BCUT2D eigenvalue weighted by atomic mass is 9.88. The molecule has 0 aromatic carbocycles. The van der Waals surface area contributed by atoms with Gasteiger partial charge in [-0.1, -0.05) is 6.42 Å². The average Bonchev–Trinajstić information content (AvgIpc) is 2.43. The Kier molecular flexibility index (Phi) is 4.13. The molecule has 0 bridgehead atoms. The van der Waals surface area contributed by atoms with E-state index in [-0.39, 0.29) is 6.04 Å². The topological polar surface area (TPSA) is 69.7 Å². The summed E-state index contributed by atoms with van der Waals surface area (Å²) in [6.07, 6.45) is 3.57. The number of hydrogen-bond acceptors (Lipinski definition) is 4. The number of nitrogens with one attached hydrogen (secondary N) is 1. The van der Waals surface area contributed by atoms with Crippen molar-refractivity contribution < 1.29 is 14.4 Å². The van der Waals surface area contributed by atoms with E-state index in [1.54, 1.807) is 13.8 Å². The van der Waals surface area contributed by atoms with Gasteiger partial charge >= 0.3 is 6.03 Å². The van der Waals surface area contributed by atoms with Gasteiger partial charge in [0.25, 0.3) is 0 Å². The Morgan fingerprint density at radius 1 is 1.15 bits per heavy atom. The van der Waals surface area contributed by atoms with Crippen LogP contribution >= 0.6 is 0 Å². The summed E-state index contributed by atoms with van der Waals surface area (Å²) in [7, 11) is 0. The highest BCUT2D eigenvalue weighted by Crippen LogP contribution is 2.24. The van der Waals surface area contributed by atoms with Crippen LogP contribution in [-0.2, 0) is 9.59 Å². The lowest BCUT2D eigenvalue weighted by molar-refractivity contribution is -0.149. The van der Waals surface area contributed by atoms with Gasteiger partial charge in [-0.05, 0) is 46.7 Å². The monoisotopic (exact) mass is 281 g/mol. The number of carbonyl (C=O) groups excluding carboxylic acids is 3. The number of imide groups is 2. The fraction of sp³-hybridized carbons (Fsp3) is 0.786. The van der Waals surface area contributed by atoms with Gasteiger partial charge in [0.1, 0.15) is 5.41 Å². The summed E-state index contributed by atoms with van der Waals surface area (Å²) < 4.78 is 0. The van der Waals surface area contributed by atoms with Crippen molar-refractivity contribution in [1.29, 1.82) is 0 Å². The van der Waals surface area contributed by atoms with Crippen LogP contribution in [0.15, 0.2) is 0 Å². The highest BCUT2D eigenvalue weighted by Gasteiger charge is 2.47. The third kappa shape index (κ3) is 2.70. The van der Waals surface area contributed by atoms with Crippen molar-refractivity contribution in [2.45, 2.75) is 46.1 Å². The summed E-state index contributed by atoms with van der Waals surface area (Å²) >= 11 is 0. The Morgan fingerprint density at radius 2 is 1.75 bits per heavy atom. The zero-order chi connectivity index (χ0) is 14.9. The van der Waals surface area contributed by atoms with E-state index in [2.05, 4.69) is 10.2 Å². The summed E-state index contributed by atoms with van der Waals surface area (Å²) in [6.45, 7) is 7.47. The number of piperidine rings is 1. The van der Waals surface area contributed by atoms with Crippen LogP contribution in [-0.4, -0.2) is 53.3 Å². The summed E-state index contributed by atoms with van der Waals surface area (Å²) in [4.78, 5) is 39.3. The molecule has 1 unspecified atom stereocenters. The molecule has 2 fully saturated rings. The van der Waals surface area contributed by atoms with Crippen LogP contribution in [0.25, 0.3) is 0 Å². The van der Waals surface area contributed by atoms with Crippen LogP contribution in [0.2, 0.25) is 0 Å². The summed E-state index contributed by atoms with van der Waals surface area (Å²) in [6, 6.07) is -0.475. The zero-order valence-electron chi connectivity index (χ0n) is 12.4. The fourth-order valence-electron chi connectivity index (χ4n) is 2.75. The lowest BCUT2D eigenvalue weighted by Crippen LogP contribution is -2.63. The first-order chi connectivity index (χ1) is 9.34. The average molecular weight is 281 g/mol. The highest BCUT2D eigenvalue weighted by atomic mass is 16.2. The molecule has 0 radical (unpaired) electrons. The molecule has 0 saturated carbocycles. The molecule has 0 aromatic heterocycles. The first-order valence-corrected chi connectivity index (χ1v) is 7.25. The van der Waals surface area contributed by atoms with Crippen molar-refractivity contribution >= 4 is 17.8 Å². The molecule has 6 nitrogen and oxygen atoms in total. The molecule has 112 valence electrons. The number of urea groups is 1. The number of nitrogens with zero attached hydrogens (tertiary/aromatic N) is 2. The molecule has 2 aliphatic heterocycles. The summed E-state index contributed by atoms with van der Waals surface area (Å²) in [5.74, 6) is -0.926. The Morgan fingerprint density at radius 3 is 2.35 bits per heavy atom. The van der Waals surface area contributed by atoms with Gasteiger partial charge in [-0.25, -0.2) is 4.79 Å². The standard InChI is InChI=1S/C14H23N3O3/c1-10(16-7-5-4-6-8-16)9-17-12(19)14(2,3)11(18)15-13(17)20/h10H,4-9H2,1-3H3,(H,15,18,20). The summed E-state index contributed by atoms with van der Waals surface area (Å²) in [5.41, 5.74) is -1.17. The predicted molar refractivity (Wildman–Crippen MR) is 73.9 cm³/mol. The molecule has 4 amide bonds. The van der Waals surface area contributed by atoms with Gasteiger partial charge in [0.2, 0.25) is 11.8 Å². The summed E-state index contributed by atoms with van der Waals surface area (Å²) in [5, 5.41) is 2.27. The second-order valence-electron chi connectivity index (χ2n) is 6.25. The molecule has 2 aliphatic rings.